The molecule has 7 nitrogen and oxygen atoms in total. The third-order valence-electron chi connectivity index (χ3n) is 2.59. The number of hydroxylamine groups is 1. The quantitative estimate of drug-likeness (QED) is 0.348. The van der Waals surface area contributed by atoms with E-state index in [1.165, 1.54) is 11.2 Å². The summed E-state index contributed by atoms with van der Waals surface area (Å²) in [6, 6.07) is 0.151. The van der Waals surface area contributed by atoms with Gasteiger partial charge in [0.15, 0.2) is 11.8 Å². The van der Waals surface area contributed by atoms with E-state index in [1.54, 1.807) is 6.08 Å². The average Bonchev–Trinajstić information content (AvgIpc) is 2.69. The van der Waals surface area contributed by atoms with Crippen LogP contribution in [0.1, 0.15) is 0 Å². The monoisotopic (exact) mass is 252 g/mol. The second-order valence-electron chi connectivity index (χ2n) is 4.51. The zero-order valence-electron chi connectivity index (χ0n) is 11.0. The number of hydrazine groups is 2. The van der Waals surface area contributed by atoms with Crippen LogP contribution in [0, 0.1) is 0 Å². The molecule has 1 aliphatic carbocycles. The Bertz CT molecular complexity index is 448. The van der Waals surface area contributed by atoms with Crippen LogP contribution < -0.4 is 11.0 Å². The first kappa shape index (κ1) is 12.6. The smallest absolute Gasteiger partial charge is 0.314 e. The third kappa shape index (κ3) is 2.22. The molecule has 1 unspecified atom stereocenters. The fourth-order valence-corrected chi connectivity index (χ4v) is 1.85. The largest absolute Gasteiger partial charge is 0.466 e. The molecule has 18 heavy (non-hydrogen) atoms. The minimum atomic E-state index is -0.468. The molecule has 1 atom stereocenters. The van der Waals surface area contributed by atoms with Gasteiger partial charge in [0.2, 0.25) is 0 Å². The highest BCUT2D eigenvalue weighted by Gasteiger charge is 2.39. The molecular formula is C11H18N5O2+. The molecule has 0 spiro atoms. The number of nitrogens with one attached hydrogen (secondary N) is 2. The topological polar surface area (TPSA) is 59.9 Å². The van der Waals surface area contributed by atoms with Gasteiger partial charge in [0.1, 0.15) is 0 Å². The summed E-state index contributed by atoms with van der Waals surface area (Å²) in [5.74, 6) is -0.0261. The van der Waals surface area contributed by atoms with Gasteiger partial charge < -0.3 is 10.3 Å². The van der Waals surface area contributed by atoms with Crippen molar-refractivity contribution in [3.05, 3.63) is 23.9 Å². The molecule has 0 aromatic rings. The van der Waals surface area contributed by atoms with Crippen LogP contribution in [-0.2, 0) is 9.63 Å². The van der Waals surface area contributed by atoms with Crippen molar-refractivity contribution >= 4 is 11.8 Å². The van der Waals surface area contributed by atoms with Gasteiger partial charge in [-0.25, -0.2) is 9.48 Å². The van der Waals surface area contributed by atoms with Crippen molar-refractivity contribution in [2.75, 3.05) is 28.2 Å². The molecule has 0 bridgehead atoms. The van der Waals surface area contributed by atoms with E-state index in [2.05, 4.69) is 11.0 Å². The number of carbonyl (C=O) groups excluding carboxylic acids is 1. The summed E-state index contributed by atoms with van der Waals surface area (Å²) in [6.45, 7) is 0. The van der Waals surface area contributed by atoms with Crippen molar-refractivity contribution in [1.29, 1.82) is 0 Å². The van der Waals surface area contributed by atoms with Crippen LogP contribution in [0.2, 0.25) is 0 Å². The van der Waals surface area contributed by atoms with E-state index in [4.69, 9.17) is 4.84 Å². The molecule has 1 saturated heterocycles. The summed E-state index contributed by atoms with van der Waals surface area (Å²) in [7, 11) is 7.49. The molecule has 1 aliphatic heterocycles. The van der Waals surface area contributed by atoms with E-state index in [0.717, 1.165) is 5.70 Å². The van der Waals surface area contributed by atoms with Crippen molar-refractivity contribution in [3.8, 4) is 0 Å². The van der Waals surface area contributed by atoms with E-state index in [0.29, 0.717) is 6.02 Å². The first-order valence-electron chi connectivity index (χ1n) is 5.63. The lowest BCUT2D eigenvalue weighted by atomic mass is 10.1. The van der Waals surface area contributed by atoms with Gasteiger partial charge in [-0.1, -0.05) is 6.08 Å². The fraction of sp³-hybridized carbons (Fsp3) is 0.455. The molecule has 2 N–H and O–H groups in total. The molecule has 0 radical (unpaired) electrons. The zero-order valence-corrected chi connectivity index (χ0v) is 11.0. The van der Waals surface area contributed by atoms with Crippen molar-refractivity contribution in [2.45, 2.75) is 6.04 Å². The van der Waals surface area contributed by atoms with Crippen LogP contribution in [0.5, 0.6) is 0 Å². The molecule has 2 rings (SSSR count). The molecule has 0 aromatic carbocycles. The fourth-order valence-electron chi connectivity index (χ4n) is 1.85. The Kier molecular flexibility index (Phi) is 3.35. The van der Waals surface area contributed by atoms with Crippen LogP contribution in [0.4, 0.5) is 0 Å². The van der Waals surface area contributed by atoms with Gasteiger partial charge in [0.25, 0.3) is 0 Å². The van der Waals surface area contributed by atoms with Gasteiger partial charge in [-0.05, 0) is 17.3 Å². The van der Waals surface area contributed by atoms with Crippen LogP contribution in [0.25, 0.3) is 0 Å². The average molecular weight is 252 g/mol. The molecule has 0 aromatic heterocycles. The Hall–Kier alpha value is -1.86. The number of hydrogen-bond donors (Lipinski definition) is 2. The standard InChI is InChI=1S/C11H17N5O2/c1-14(2)11(15(3)4)18-16-10-8(12-13-16)6-5-7-9(10)17/h5-7,10,13H,1-4H3/p+1. The SMILES string of the molecule is CN(C)C(ON1NNC2=CC=CC(=O)C21)=[N+](C)C. The summed E-state index contributed by atoms with van der Waals surface area (Å²) in [6.07, 6.45) is 5.09. The second kappa shape index (κ2) is 4.79. The number of allylic oxidation sites excluding steroid dienone is 2. The van der Waals surface area contributed by atoms with Crippen molar-refractivity contribution in [2.24, 2.45) is 0 Å². The highest BCUT2D eigenvalue weighted by molar-refractivity contribution is 5.98. The summed E-state index contributed by atoms with van der Waals surface area (Å²) in [5, 5.41) is 1.41. The van der Waals surface area contributed by atoms with Gasteiger partial charge in [-0.3, -0.25) is 4.79 Å². The maximum atomic E-state index is 11.8. The molecule has 98 valence electrons. The lowest BCUT2D eigenvalue weighted by Crippen LogP contribution is -2.48. The molecule has 0 amide bonds. The van der Waals surface area contributed by atoms with Gasteiger partial charge in [0.05, 0.1) is 33.9 Å². The molecule has 7 heteroatoms. The minimum Gasteiger partial charge on any atom is -0.314 e. The number of fused-ring (bicyclic) bond motifs is 1. The van der Waals surface area contributed by atoms with E-state index in [9.17, 15) is 4.79 Å². The van der Waals surface area contributed by atoms with Gasteiger partial charge in [-0.2, -0.15) is 0 Å². The van der Waals surface area contributed by atoms with Crippen LogP contribution in [0.3, 0.4) is 0 Å². The Morgan fingerprint density at radius 1 is 1.50 bits per heavy atom. The zero-order chi connectivity index (χ0) is 13.3. The molecule has 2 aliphatic rings. The predicted octanol–water partition coefficient (Wildman–Crippen LogP) is -1.18. The van der Waals surface area contributed by atoms with E-state index < -0.39 is 6.04 Å². The maximum absolute atomic E-state index is 11.8. The maximum Gasteiger partial charge on any atom is 0.466 e. The molecule has 1 fully saturated rings. The van der Waals surface area contributed by atoms with Gasteiger partial charge >= 0.3 is 6.02 Å². The Morgan fingerprint density at radius 2 is 2.22 bits per heavy atom. The minimum absolute atomic E-state index is 0.0261. The van der Waals surface area contributed by atoms with E-state index in [1.807, 2.05) is 43.7 Å². The Labute approximate surface area is 106 Å². The molecule has 0 saturated carbocycles. The lowest BCUT2D eigenvalue weighted by Gasteiger charge is -2.21. The number of hydrogen-bond acceptors (Lipinski definition) is 5. The summed E-state index contributed by atoms with van der Waals surface area (Å²) in [5.41, 5.74) is 6.52. The molecular weight excluding hydrogens is 234 g/mol. The number of amidine groups is 1. The summed E-state index contributed by atoms with van der Waals surface area (Å²) < 4.78 is 1.83. The lowest BCUT2D eigenvalue weighted by molar-refractivity contribution is -0.487. The Balaban J connectivity index is 2.17. The second-order valence-corrected chi connectivity index (χ2v) is 4.51. The van der Waals surface area contributed by atoms with Gasteiger partial charge in [0, 0.05) is 0 Å². The normalized spacial score (nSPS) is 22.1. The van der Waals surface area contributed by atoms with Crippen LogP contribution in [0.15, 0.2) is 23.9 Å². The van der Waals surface area contributed by atoms with Crippen molar-refractivity contribution < 1.29 is 14.2 Å². The van der Waals surface area contributed by atoms with Crippen molar-refractivity contribution in [3.63, 3.8) is 0 Å². The number of nitrogens with zero attached hydrogens (tertiary/aromatic N) is 3. The highest BCUT2D eigenvalue weighted by Crippen LogP contribution is 2.17. The first-order chi connectivity index (χ1) is 8.50. The first-order valence-corrected chi connectivity index (χ1v) is 5.63. The van der Waals surface area contributed by atoms with Crippen LogP contribution >= 0.6 is 0 Å². The highest BCUT2D eigenvalue weighted by atomic mass is 16.7. The summed E-state index contributed by atoms with van der Waals surface area (Å²) >= 11 is 0. The van der Waals surface area contributed by atoms with Crippen molar-refractivity contribution in [1.82, 2.24) is 21.0 Å². The third-order valence-corrected chi connectivity index (χ3v) is 2.59. The van der Waals surface area contributed by atoms with E-state index in [-0.39, 0.29) is 5.78 Å². The summed E-state index contributed by atoms with van der Waals surface area (Å²) in [4.78, 5) is 19.4. The molecule has 1 heterocycles. The van der Waals surface area contributed by atoms with Crippen LogP contribution in [-0.4, -0.2) is 60.7 Å². The predicted molar refractivity (Wildman–Crippen MR) is 66.0 cm³/mol. The Morgan fingerprint density at radius 3 is 2.83 bits per heavy atom. The van der Waals surface area contributed by atoms with E-state index >= 15 is 0 Å². The number of rotatable bonds is 1. The number of ketones is 1. The van der Waals surface area contributed by atoms with Gasteiger partial charge in [-0.15, -0.1) is 5.53 Å². The number of carbonyl (C=O) groups is 1.